The predicted octanol–water partition coefficient (Wildman–Crippen LogP) is 2.83. The molecule has 0 N–H and O–H groups in total. The van der Waals surface area contributed by atoms with Gasteiger partial charge in [-0.2, -0.15) is 0 Å². The Morgan fingerprint density at radius 2 is 0.636 bits per heavy atom. The van der Waals surface area contributed by atoms with Gasteiger partial charge in [0, 0.05) is 0 Å². The van der Waals surface area contributed by atoms with Crippen LogP contribution in [-0.2, 0) is 21.1 Å². The third kappa shape index (κ3) is 1.32. The maximum atomic E-state index is 1.60. The maximum Gasteiger partial charge on any atom is 2.00 e. The summed E-state index contributed by atoms with van der Waals surface area (Å²) in [5.74, 6) is 4.71. The van der Waals surface area contributed by atoms with Gasteiger partial charge in [-0.3, -0.25) is 0 Å². The van der Waals surface area contributed by atoms with Crippen LogP contribution in [0.4, 0.5) is 0 Å². The summed E-state index contributed by atoms with van der Waals surface area (Å²) in [6.07, 6.45) is 9.62. The van der Waals surface area contributed by atoms with Crippen LogP contribution in [0.2, 0.25) is 0 Å². The van der Waals surface area contributed by atoms with E-state index in [-0.39, 0.29) is 21.1 Å². The first-order valence-corrected chi connectivity index (χ1v) is 4.90. The third-order valence-electron chi connectivity index (χ3n) is 4.00. The molecule has 4 aliphatic rings. The third-order valence-corrected chi connectivity index (χ3v) is 4.00. The van der Waals surface area contributed by atoms with Crippen LogP contribution in [-0.4, -0.2) is 0 Å². The van der Waals surface area contributed by atoms with Gasteiger partial charge < -0.3 is 0 Å². The molecule has 0 aromatic rings. The molecule has 4 aliphatic carbocycles. The number of hydrogen-bond acceptors (Lipinski definition) is 0. The molecule has 0 heterocycles. The van der Waals surface area contributed by atoms with Crippen molar-refractivity contribution in [2.24, 2.45) is 23.7 Å². The first-order chi connectivity index (χ1) is 4.90. The van der Waals surface area contributed by atoms with E-state index in [0.29, 0.717) is 0 Å². The van der Waals surface area contributed by atoms with Crippen molar-refractivity contribution in [3.05, 3.63) is 0 Å². The van der Waals surface area contributed by atoms with Crippen LogP contribution >= 0.6 is 0 Å². The summed E-state index contributed by atoms with van der Waals surface area (Å²) in [6.45, 7) is 0. The molecule has 0 aromatic heterocycles. The van der Waals surface area contributed by atoms with Gasteiger partial charge in [-0.25, -0.2) is 0 Å². The molecule has 4 bridgehead atoms. The van der Waals surface area contributed by atoms with Crippen molar-refractivity contribution in [3.8, 4) is 0 Å². The molecule has 4 rings (SSSR count). The molecule has 0 amide bonds. The molecule has 0 spiro atoms. The van der Waals surface area contributed by atoms with Crippen molar-refractivity contribution < 1.29 is 21.1 Å². The van der Waals surface area contributed by atoms with E-state index in [1.54, 1.807) is 38.5 Å². The van der Waals surface area contributed by atoms with Crippen LogP contribution < -0.4 is 0 Å². The minimum Gasteiger partial charge on any atom is -0.0475 e. The standard InChI is InChI=1S/C10H16.Pt/c1-7-2-9-4-8(1)5-10(3-7)6-9;/h7-10H,1-6H2;/q;+2. The molecule has 0 atom stereocenters. The topological polar surface area (TPSA) is 0 Å². The van der Waals surface area contributed by atoms with Crippen molar-refractivity contribution in [2.75, 3.05) is 0 Å². The SMILES string of the molecule is C1C2CC3CC1CC(C2)C3.[Pt+2]. The summed E-state index contributed by atoms with van der Waals surface area (Å²) in [5.41, 5.74) is 0. The summed E-state index contributed by atoms with van der Waals surface area (Å²) in [4.78, 5) is 0. The summed E-state index contributed by atoms with van der Waals surface area (Å²) in [6, 6.07) is 0. The van der Waals surface area contributed by atoms with Crippen molar-refractivity contribution in [1.82, 2.24) is 0 Å². The molecule has 0 saturated heterocycles. The second kappa shape index (κ2) is 2.87. The molecule has 1 heteroatoms. The predicted molar refractivity (Wildman–Crippen MR) is 41.7 cm³/mol. The molecule has 0 aliphatic heterocycles. The molecule has 11 heavy (non-hydrogen) atoms. The monoisotopic (exact) mass is 331 g/mol. The van der Waals surface area contributed by atoms with Gasteiger partial charge in [-0.1, -0.05) is 0 Å². The Morgan fingerprint density at radius 1 is 0.455 bits per heavy atom. The molecular weight excluding hydrogens is 315 g/mol. The Labute approximate surface area is 83.4 Å². The molecular formula is C10H16Pt+2. The molecule has 0 nitrogen and oxygen atoms in total. The van der Waals surface area contributed by atoms with Crippen molar-refractivity contribution >= 4 is 0 Å². The van der Waals surface area contributed by atoms with Crippen LogP contribution in [0.1, 0.15) is 38.5 Å². The zero-order valence-electron chi connectivity index (χ0n) is 6.87. The van der Waals surface area contributed by atoms with Gasteiger partial charge in [0.25, 0.3) is 0 Å². The molecule has 0 aromatic carbocycles. The molecule has 0 radical (unpaired) electrons. The van der Waals surface area contributed by atoms with Gasteiger partial charge in [0.1, 0.15) is 0 Å². The first kappa shape index (κ1) is 8.29. The quantitative estimate of drug-likeness (QED) is 0.640. The average Bonchev–Trinajstić information content (AvgIpc) is 1.82. The van der Waals surface area contributed by atoms with E-state index in [1.807, 2.05) is 0 Å². The fourth-order valence-corrected chi connectivity index (χ4v) is 3.98. The van der Waals surface area contributed by atoms with Crippen LogP contribution in [0.5, 0.6) is 0 Å². The van der Waals surface area contributed by atoms with Gasteiger partial charge in [0.15, 0.2) is 0 Å². The van der Waals surface area contributed by atoms with E-state index < -0.39 is 0 Å². The van der Waals surface area contributed by atoms with Crippen LogP contribution in [0.15, 0.2) is 0 Å². The largest absolute Gasteiger partial charge is 2.00 e. The first-order valence-electron chi connectivity index (χ1n) is 4.90. The summed E-state index contributed by atoms with van der Waals surface area (Å²) in [7, 11) is 0. The van der Waals surface area contributed by atoms with Crippen molar-refractivity contribution in [2.45, 2.75) is 38.5 Å². The second-order valence-electron chi connectivity index (χ2n) is 4.88. The van der Waals surface area contributed by atoms with Gasteiger partial charge in [0.05, 0.1) is 0 Å². The van der Waals surface area contributed by atoms with E-state index in [1.165, 1.54) is 23.7 Å². The van der Waals surface area contributed by atoms with E-state index in [4.69, 9.17) is 0 Å². The maximum absolute atomic E-state index is 1.60. The van der Waals surface area contributed by atoms with Gasteiger partial charge in [-0.15, -0.1) is 0 Å². The Balaban J connectivity index is 0.000000480. The second-order valence-corrected chi connectivity index (χ2v) is 4.88. The van der Waals surface area contributed by atoms with E-state index in [9.17, 15) is 0 Å². The van der Waals surface area contributed by atoms with E-state index in [0.717, 1.165) is 0 Å². The zero-order chi connectivity index (χ0) is 6.55. The Morgan fingerprint density at radius 3 is 0.818 bits per heavy atom. The molecule has 64 valence electrons. The van der Waals surface area contributed by atoms with Crippen LogP contribution in [0, 0.1) is 23.7 Å². The van der Waals surface area contributed by atoms with E-state index >= 15 is 0 Å². The minimum absolute atomic E-state index is 0. The van der Waals surface area contributed by atoms with Gasteiger partial charge >= 0.3 is 21.1 Å². The average molecular weight is 331 g/mol. The molecule has 0 unspecified atom stereocenters. The number of hydrogen-bond donors (Lipinski definition) is 0. The zero-order valence-corrected chi connectivity index (χ0v) is 9.14. The minimum atomic E-state index is 0. The van der Waals surface area contributed by atoms with Crippen molar-refractivity contribution in [1.29, 1.82) is 0 Å². The van der Waals surface area contributed by atoms with Gasteiger partial charge in [0.2, 0.25) is 0 Å². The van der Waals surface area contributed by atoms with Crippen LogP contribution in [0.25, 0.3) is 0 Å². The summed E-state index contributed by atoms with van der Waals surface area (Å²) < 4.78 is 0. The Hall–Kier alpha value is 0.688. The fraction of sp³-hybridized carbons (Fsp3) is 1.00. The van der Waals surface area contributed by atoms with Crippen LogP contribution in [0.3, 0.4) is 0 Å². The van der Waals surface area contributed by atoms with Gasteiger partial charge in [-0.05, 0) is 62.2 Å². The van der Waals surface area contributed by atoms with E-state index in [2.05, 4.69) is 0 Å². The molecule has 4 fully saturated rings. The Kier molecular flexibility index (Phi) is 2.17. The smallest absolute Gasteiger partial charge is 0.0475 e. The Bertz CT molecular complexity index is 96.4. The molecule has 4 saturated carbocycles. The summed E-state index contributed by atoms with van der Waals surface area (Å²) in [5, 5.41) is 0. The van der Waals surface area contributed by atoms with Crippen molar-refractivity contribution in [3.63, 3.8) is 0 Å². The normalized spacial score (nSPS) is 52.4. The fourth-order valence-electron chi connectivity index (χ4n) is 3.98. The summed E-state index contributed by atoms with van der Waals surface area (Å²) >= 11 is 0. The number of rotatable bonds is 0.